The maximum Gasteiger partial charge on any atom is 0.123 e. The Morgan fingerprint density at radius 3 is 2.62 bits per heavy atom. The fourth-order valence-corrected chi connectivity index (χ4v) is 4.21. The van der Waals surface area contributed by atoms with E-state index in [1.54, 1.807) is 0 Å². The number of aryl methyl sites for hydroxylation is 2. The average Bonchev–Trinajstić information content (AvgIpc) is 2.88. The molecule has 2 nitrogen and oxygen atoms in total. The molecule has 2 aromatic rings. The van der Waals surface area contributed by atoms with Crippen LogP contribution in [0.3, 0.4) is 0 Å². The van der Waals surface area contributed by atoms with Gasteiger partial charge in [0.1, 0.15) is 11.4 Å². The van der Waals surface area contributed by atoms with Crippen molar-refractivity contribution in [1.29, 1.82) is 0 Å². The van der Waals surface area contributed by atoms with Crippen molar-refractivity contribution in [1.82, 2.24) is 5.32 Å². The van der Waals surface area contributed by atoms with Gasteiger partial charge in [-0.2, -0.15) is 0 Å². The second-order valence-electron chi connectivity index (χ2n) is 6.52. The van der Waals surface area contributed by atoms with Crippen LogP contribution in [0.2, 0.25) is 0 Å². The molecule has 1 unspecified atom stereocenters. The Morgan fingerprint density at radius 2 is 2.00 bits per heavy atom. The summed E-state index contributed by atoms with van der Waals surface area (Å²) in [6.45, 7) is 8.67. The molecule has 0 spiro atoms. The quantitative estimate of drug-likeness (QED) is 0.908. The molecule has 1 aliphatic heterocycles. The number of ether oxygens (including phenoxy) is 1. The first kappa shape index (κ1) is 14.6. The van der Waals surface area contributed by atoms with Gasteiger partial charge in [0.25, 0.3) is 0 Å². The van der Waals surface area contributed by atoms with Gasteiger partial charge in [-0.25, -0.2) is 0 Å². The number of rotatable bonds is 3. The lowest BCUT2D eigenvalue weighted by Gasteiger charge is -2.16. The van der Waals surface area contributed by atoms with Gasteiger partial charge in [-0.05, 0) is 63.6 Å². The van der Waals surface area contributed by atoms with Crippen molar-refractivity contribution < 1.29 is 4.74 Å². The SMILES string of the molecule is CNC(c1ccc2c(c1)CC(C)(C)O2)c1cc(C)c(C)s1. The molecule has 3 heteroatoms. The lowest BCUT2D eigenvalue weighted by Crippen LogP contribution is -2.24. The molecule has 2 heterocycles. The van der Waals surface area contributed by atoms with Gasteiger partial charge in [0.2, 0.25) is 0 Å². The number of hydrogen-bond donors (Lipinski definition) is 1. The Kier molecular flexibility index (Phi) is 3.58. The van der Waals surface area contributed by atoms with Crippen LogP contribution in [-0.2, 0) is 6.42 Å². The van der Waals surface area contributed by atoms with E-state index in [-0.39, 0.29) is 11.6 Å². The number of fused-ring (bicyclic) bond motifs is 1. The van der Waals surface area contributed by atoms with Crippen molar-refractivity contribution in [2.24, 2.45) is 0 Å². The summed E-state index contributed by atoms with van der Waals surface area (Å²) in [5.74, 6) is 1.04. The molecule has 0 saturated heterocycles. The zero-order valence-corrected chi connectivity index (χ0v) is 14.2. The van der Waals surface area contributed by atoms with E-state index < -0.39 is 0 Å². The predicted molar refractivity (Wildman–Crippen MR) is 89.5 cm³/mol. The number of benzene rings is 1. The lowest BCUT2D eigenvalue weighted by atomic mass is 9.97. The summed E-state index contributed by atoms with van der Waals surface area (Å²) in [6.07, 6.45) is 0.981. The summed E-state index contributed by atoms with van der Waals surface area (Å²) in [6, 6.07) is 9.17. The summed E-state index contributed by atoms with van der Waals surface area (Å²) in [7, 11) is 2.03. The summed E-state index contributed by atoms with van der Waals surface area (Å²) in [4.78, 5) is 2.78. The van der Waals surface area contributed by atoms with Crippen molar-refractivity contribution >= 4 is 11.3 Å². The monoisotopic (exact) mass is 301 g/mol. The highest BCUT2D eigenvalue weighted by Gasteiger charge is 2.30. The number of hydrogen-bond acceptors (Lipinski definition) is 3. The van der Waals surface area contributed by atoms with E-state index in [1.807, 2.05) is 18.4 Å². The van der Waals surface area contributed by atoms with E-state index in [9.17, 15) is 0 Å². The molecule has 1 N–H and O–H groups in total. The fourth-order valence-electron chi connectivity index (χ4n) is 3.03. The van der Waals surface area contributed by atoms with Crippen molar-refractivity contribution in [3.8, 4) is 5.75 Å². The van der Waals surface area contributed by atoms with Gasteiger partial charge in [0, 0.05) is 16.2 Å². The predicted octanol–water partition coefficient (Wildman–Crippen LogP) is 4.39. The second kappa shape index (κ2) is 5.15. The Balaban J connectivity index is 1.96. The van der Waals surface area contributed by atoms with Crippen LogP contribution in [-0.4, -0.2) is 12.6 Å². The zero-order valence-electron chi connectivity index (χ0n) is 13.4. The van der Waals surface area contributed by atoms with Gasteiger partial charge >= 0.3 is 0 Å². The van der Waals surface area contributed by atoms with Gasteiger partial charge in [-0.3, -0.25) is 0 Å². The third kappa shape index (κ3) is 2.72. The Hall–Kier alpha value is -1.32. The first-order valence-corrected chi connectivity index (χ1v) is 8.27. The van der Waals surface area contributed by atoms with Crippen LogP contribution in [0, 0.1) is 13.8 Å². The highest BCUT2D eigenvalue weighted by Crippen LogP contribution is 2.38. The summed E-state index contributed by atoms with van der Waals surface area (Å²) in [5, 5.41) is 3.46. The van der Waals surface area contributed by atoms with Crippen molar-refractivity contribution in [2.45, 2.75) is 45.8 Å². The maximum atomic E-state index is 5.97. The fraction of sp³-hybridized carbons (Fsp3) is 0.444. The van der Waals surface area contributed by atoms with Crippen LogP contribution >= 0.6 is 11.3 Å². The zero-order chi connectivity index (χ0) is 15.2. The van der Waals surface area contributed by atoms with Crippen molar-refractivity contribution in [3.05, 3.63) is 50.7 Å². The molecule has 0 radical (unpaired) electrons. The molecule has 21 heavy (non-hydrogen) atoms. The maximum absolute atomic E-state index is 5.97. The Morgan fingerprint density at radius 1 is 1.24 bits per heavy atom. The first-order chi connectivity index (χ1) is 9.89. The van der Waals surface area contributed by atoms with Crippen LogP contribution in [0.1, 0.15) is 46.3 Å². The van der Waals surface area contributed by atoms with E-state index in [1.165, 1.54) is 26.4 Å². The molecule has 0 amide bonds. The average molecular weight is 301 g/mol. The van der Waals surface area contributed by atoms with Crippen molar-refractivity contribution in [2.75, 3.05) is 7.05 Å². The minimum Gasteiger partial charge on any atom is -0.487 e. The highest BCUT2D eigenvalue weighted by molar-refractivity contribution is 7.12. The highest BCUT2D eigenvalue weighted by atomic mass is 32.1. The minimum atomic E-state index is -0.0772. The molecule has 0 fully saturated rings. The third-order valence-electron chi connectivity index (χ3n) is 4.18. The van der Waals surface area contributed by atoms with Crippen LogP contribution in [0.25, 0.3) is 0 Å². The molecule has 3 rings (SSSR count). The van der Waals surface area contributed by atoms with E-state index in [0.29, 0.717) is 0 Å². The van der Waals surface area contributed by atoms with E-state index in [2.05, 4.69) is 57.3 Å². The van der Waals surface area contributed by atoms with Gasteiger partial charge < -0.3 is 10.1 Å². The summed E-state index contributed by atoms with van der Waals surface area (Å²) >= 11 is 1.88. The smallest absolute Gasteiger partial charge is 0.123 e. The molecule has 0 aliphatic carbocycles. The van der Waals surface area contributed by atoms with Gasteiger partial charge in [0.15, 0.2) is 0 Å². The molecule has 1 aromatic carbocycles. The van der Waals surface area contributed by atoms with Crippen LogP contribution in [0.15, 0.2) is 24.3 Å². The first-order valence-electron chi connectivity index (χ1n) is 7.46. The summed E-state index contributed by atoms with van der Waals surface area (Å²) in [5.41, 5.74) is 3.94. The Bertz CT molecular complexity index is 652. The largest absolute Gasteiger partial charge is 0.487 e. The van der Waals surface area contributed by atoms with Gasteiger partial charge in [-0.15, -0.1) is 11.3 Å². The van der Waals surface area contributed by atoms with Crippen molar-refractivity contribution in [3.63, 3.8) is 0 Å². The number of nitrogens with one attached hydrogen (secondary N) is 1. The summed E-state index contributed by atoms with van der Waals surface area (Å²) < 4.78 is 5.97. The standard InChI is InChI=1S/C18H23NOS/c1-11-8-16(21-12(11)2)17(19-5)13-6-7-15-14(9-13)10-18(3,4)20-15/h6-9,17,19H,10H2,1-5H3. The molecule has 1 aliphatic rings. The molecule has 112 valence electrons. The van der Waals surface area contributed by atoms with Gasteiger partial charge in [0.05, 0.1) is 6.04 Å². The van der Waals surface area contributed by atoms with Crippen LogP contribution < -0.4 is 10.1 Å². The van der Waals surface area contributed by atoms with Gasteiger partial charge in [-0.1, -0.05) is 12.1 Å². The topological polar surface area (TPSA) is 21.3 Å². The Labute approximate surface area is 131 Å². The molecule has 0 saturated carbocycles. The van der Waals surface area contributed by atoms with Crippen LogP contribution in [0.4, 0.5) is 0 Å². The molecule has 0 bridgehead atoms. The molecule has 1 atom stereocenters. The molecule has 1 aromatic heterocycles. The third-order valence-corrected chi connectivity index (χ3v) is 5.40. The minimum absolute atomic E-state index is 0.0772. The van der Waals surface area contributed by atoms with E-state index in [4.69, 9.17) is 4.74 Å². The van der Waals surface area contributed by atoms with E-state index >= 15 is 0 Å². The second-order valence-corrected chi connectivity index (χ2v) is 7.80. The molecular formula is C18H23NOS. The van der Waals surface area contributed by atoms with Crippen LogP contribution in [0.5, 0.6) is 5.75 Å². The molecular weight excluding hydrogens is 278 g/mol. The number of thiophene rings is 1. The lowest BCUT2D eigenvalue weighted by molar-refractivity contribution is 0.138. The normalized spacial score (nSPS) is 17.4. The van der Waals surface area contributed by atoms with E-state index in [0.717, 1.165) is 12.2 Å².